The third-order valence-electron chi connectivity index (χ3n) is 5.15. The van der Waals surface area contributed by atoms with Gasteiger partial charge in [-0.15, -0.1) is 0 Å². The maximum Gasteiger partial charge on any atom is 0.271 e. The van der Waals surface area contributed by atoms with E-state index in [1.54, 1.807) is 24.0 Å². The molecule has 1 amide bonds. The fraction of sp³-hybridized carbons (Fsp3) is 0.238. The summed E-state index contributed by atoms with van der Waals surface area (Å²) in [7, 11) is 0. The van der Waals surface area contributed by atoms with Gasteiger partial charge in [0.2, 0.25) is 5.91 Å². The first-order chi connectivity index (χ1) is 13.4. The summed E-state index contributed by atoms with van der Waals surface area (Å²) in [5.74, 6) is -0.0954. The number of amides is 1. The number of hydrogen-bond acceptors (Lipinski definition) is 4. The zero-order chi connectivity index (χ0) is 19.8. The molecule has 3 aromatic rings. The number of carbonyl (C=O) groups is 1. The van der Waals surface area contributed by atoms with Gasteiger partial charge in [-0.2, -0.15) is 0 Å². The van der Waals surface area contributed by atoms with Gasteiger partial charge in [0.1, 0.15) is 0 Å². The third kappa shape index (κ3) is 3.26. The number of nitro groups is 1. The van der Waals surface area contributed by atoms with Crippen LogP contribution >= 0.6 is 0 Å². The average Bonchev–Trinajstić information content (AvgIpc) is 2.68. The highest BCUT2D eigenvalue weighted by Gasteiger charge is 2.24. The number of nitro benzene ring substituents is 1. The van der Waals surface area contributed by atoms with Crippen molar-refractivity contribution in [2.75, 3.05) is 11.4 Å². The molecule has 0 unspecified atom stereocenters. The van der Waals surface area contributed by atoms with E-state index in [0.29, 0.717) is 17.8 Å². The highest BCUT2D eigenvalue weighted by atomic mass is 16.6. The number of non-ortho nitro benzene ring substituents is 1. The highest BCUT2D eigenvalue weighted by Crippen LogP contribution is 2.31. The monoisotopic (exact) mass is 377 g/mol. The number of hydrogen-bond donors (Lipinski definition) is 1. The lowest BCUT2D eigenvalue weighted by molar-refractivity contribution is -0.384. The van der Waals surface area contributed by atoms with Crippen LogP contribution in [0, 0.1) is 17.0 Å². The van der Waals surface area contributed by atoms with Crippen molar-refractivity contribution in [2.45, 2.75) is 26.2 Å². The van der Waals surface area contributed by atoms with Crippen molar-refractivity contribution in [1.29, 1.82) is 0 Å². The molecule has 1 aliphatic heterocycles. The van der Waals surface area contributed by atoms with E-state index in [2.05, 4.69) is 4.98 Å². The second-order valence-electron chi connectivity index (χ2n) is 7.10. The molecular weight excluding hydrogens is 358 g/mol. The summed E-state index contributed by atoms with van der Waals surface area (Å²) < 4.78 is 0. The third-order valence-corrected chi connectivity index (χ3v) is 5.15. The van der Waals surface area contributed by atoms with E-state index in [4.69, 9.17) is 0 Å². The van der Waals surface area contributed by atoms with Gasteiger partial charge in [-0.1, -0.05) is 12.1 Å². The molecule has 7 heteroatoms. The van der Waals surface area contributed by atoms with Crippen LogP contribution < -0.4 is 10.5 Å². The zero-order valence-electron chi connectivity index (χ0n) is 15.4. The first-order valence-corrected chi connectivity index (χ1v) is 9.12. The van der Waals surface area contributed by atoms with Gasteiger partial charge in [0.15, 0.2) is 0 Å². The van der Waals surface area contributed by atoms with Crippen molar-refractivity contribution < 1.29 is 9.72 Å². The molecule has 0 aliphatic carbocycles. The molecule has 4 rings (SSSR count). The molecule has 1 N–H and O–H groups in total. The summed E-state index contributed by atoms with van der Waals surface area (Å²) in [5, 5.41) is 12.0. The number of aromatic amines is 1. The van der Waals surface area contributed by atoms with Crippen molar-refractivity contribution in [2.24, 2.45) is 0 Å². The number of anilines is 1. The number of fused-ring (bicyclic) bond motifs is 2. The molecule has 0 atom stereocenters. The summed E-state index contributed by atoms with van der Waals surface area (Å²) in [5.41, 5.74) is 3.63. The molecule has 0 saturated carbocycles. The number of rotatable bonds is 3. The van der Waals surface area contributed by atoms with E-state index < -0.39 is 4.92 Å². The minimum absolute atomic E-state index is 0.0106. The first-order valence-electron chi connectivity index (χ1n) is 9.12. The Hall–Kier alpha value is -3.48. The van der Waals surface area contributed by atoms with Crippen LogP contribution in [0.5, 0.6) is 0 Å². The molecular formula is C21H19N3O4. The van der Waals surface area contributed by atoms with Crippen LogP contribution in [-0.2, 0) is 17.6 Å². The Kier molecular flexibility index (Phi) is 4.43. The van der Waals surface area contributed by atoms with E-state index in [-0.39, 0.29) is 23.6 Å². The van der Waals surface area contributed by atoms with Gasteiger partial charge in [0, 0.05) is 29.8 Å². The molecule has 142 valence electrons. The summed E-state index contributed by atoms with van der Waals surface area (Å²) >= 11 is 0. The van der Waals surface area contributed by atoms with Crippen LogP contribution in [0.15, 0.2) is 47.3 Å². The van der Waals surface area contributed by atoms with Gasteiger partial charge in [-0.05, 0) is 54.5 Å². The molecule has 0 saturated heterocycles. The minimum atomic E-state index is -0.440. The number of nitrogens with one attached hydrogen (secondary N) is 1. The predicted molar refractivity (Wildman–Crippen MR) is 107 cm³/mol. The Morgan fingerprint density at radius 2 is 2.04 bits per heavy atom. The Morgan fingerprint density at radius 1 is 1.21 bits per heavy atom. The molecule has 1 aliphatic rings. The molecule has 0 bridgehead atoms. The van der Waals surface area contributed by atoms with E-state index in [9.17, 15) is 19.7 Å². The lowest BCUT2D eigenvalue weighted by Gasteiger charge is -2.29. The molecule has 0 radical (unpaired) electrons. The highest BCUT2D eigenvalue weighted by molar-refractivity contribution is 5.96. The van der Waals surface area contributed by atoms with E-state index in [1.807, 2.05) is 18.2 Å². The minimum Gasteiger partial charge on any atom is -0.322 e. The fourth-order valence-electron chi connectivity index (χ4n) is 3.68. The fourth-order valence-corrected chi connectivity index (χ4v) is 3.68. The number of nitrogens with zero attached hydrogens (tertiary/aromatic N) is 2. The van der Waals surface area contributed by atoms with Crippen LogP contribution in [0.1, 0.15) is 23.1 Å². The number of H-pyrrole nitrogens is 1. The normalized spacial score (nSPS) is 13.4. The van der Waals surface area contributed by atoms with Crippen molar-refractivity contribution in [3.63, 3.8) is 0 Å². The number of benzene rings is 2. The van der Waals surface area contributed by atoms with E-state index >= 15 is 0 Å². The van der Waals surface area contributed by atoms with Gasteiger partial charge < -0.3 is 9.88 Å². The second kappa shape index (κ2) is 6.92. The van der Waals surface area contributed by atoms with Crippen molar-refractivity contribution in [3.8, 4) is 0 Å². The molecule has 0 fully saturated rings. The second-order valence-corrected chi connectivity index (χ2v) is 7.10. The summed E-state index contributed by atoms with van der Waals surface area (Å²) in [6.07, 6.45) is 1.82. The Bertz CT molecular complexity index is 1170. The van der Waals surface area contributed by atoms with Crippen molar-refractivity contribution in [3.05, 3.63) is 79.6 Å². The van der Waals surface area contributed by atoms with Crippen molar-refractivity contribution in [1.82, 2.24) is 4.98 Å². The number of carbonyl (C=O) groups excluding carboxylic acids is 1. The van der Waals surface area contributed by atoms with Gasteiger partial charge in [0.05, 0.1) is 17.0 Å². The lowest BCUT2D eigenvalue weighted by Crippen LogP contribution is -2.36. The maximum atomic E-state index is 13.0. The topological polar surface area (TPSA) is 96.3 Å². The van der Waals surface area contributed by atoms with Gasteiger partial charge in [0.25, 0.3) is 11.2 Å². The first kappa shape index (κ1) is 17.9. The van der Waals surface area contributed by atoms with Crippen molar-refractivity contribution >= 4 is 28.2 Å². The number of pyridine rings is 1. The number of aromatic nitrogens is 1. The Morgan fingerprint density at radius 3 is 2.82 bits per heavy atom. The predicted octanol–water partition coefficient (Wildman–Crippen LogP) is 3.27. The van der Waals surface area contributed by atoms with Crippen LogP contribution in [0.25, 0.3) is 10.9 Å². The Labute approximate surface area is 160 Å². The molecule has 0 spiro atoms. The maximum absolute atomic E-state index is 13.0. The van der Waals surface area contributed by atoms with E-state index in [1.165, 1.54) is 12.1 Å². The molecule has 2 aromatic carbocycles. The zero-order valence-corrected chi connectivity index (χ0v) is 15.4. The van der Waals surface area contributed by atoms with Gasteiger partial charge >= 0.3 is 0 Å². The Balaban J connectivity index is 1.64. The molecule has 2 heterocycles. The standard InChI is InChI=1S/C21H19N3O4/c1-13-9-16-10-14(4-7-18(16)22-21(13)26)11-20(25)23-8-2-3-15-5-6-17(24(27)28)12-19(15)23/h4-7,9-10,12H,2-3,8,11H2,1H3,(H,22,26). The van der Waals surface area contributed by atoms with Gasteiger partial charge in [-0.3, -0.25) is 19.7 Å². The summed E-state index contributed by atoms with van der Waals surface area (Å²) in [6, 6.07) is 12.0. The number of aryl methyl sites for hydroxylation is 2. The molecule has 28 heavy (non-hydrogen) atoms. The van der Waals surface area contributed by atoms with E-state index in [0.717, 1.165) is 34.9 Å². The lowest BCUT2D eigenvalue weighted by atomic mass is 10.00. The molecule has 1 aromatic heterocycles. The average molecular weight is 377 g/mol. The van der Waals surface area contributed by atoms with Crippen LogP contribution in [0.3, 0.4) is 0 Å². The van der Waals surface area contributed by atoms with Gasteiger partial charge in [-0.25, -0.2) is 0 Å². The quantitative estimate of drug-likeness (QED) is 0.560. The van der Waals surface area contributed by atoms with Crippen LogP contribution in [-0.4, -0.2) is 22.4 Å². The smallest absolute Gasteiger partial charge is 0.271 e. The molecule has 7 nitrogen and oxygen atoms in total. The summed E-state index contributed by atoms with van der Waals surface area (Å²) in [4.78, 5) is 39.8. The van der Waals surface area contributed by atoms with Crippen LogP contribution in [0.2, 0.25) is 0 Å². The summed E-state index contributed by atoms with van der Waals surface area (Å²) in [6.45, 7) is 2.29. The largest absolute Gasteiger partial charge is 0.322 e. The SMILES string of the molecule is Cc1cc2cc(CC(=O)N3CCCc4ccc([N+](=O)[O-])cc43)ccc2[nH]c1=O. The van der Waals surface area contributed by atoms with Crippen LogP contribution in [0.4, 0.5) is 11.4 Å².